The molecule has 1 saturated carbocycles. The lowest BCUT2D eigenvalue weighted by molar-refractivity contribution is 0.595. The molecular weight excluding hydrogens is 158 g/mol. The number of hydrogen-bond donors (Lipinski definition) is 1. The van der Waals surface area contributed by atoms with Crippen LogP contribution in [-0.2, 0) is 0 Å². The molecule has 11 heavy (non-hydrogen) atoms. The summed E-state index contributed by atoms with van der Waals surface area (Å²) in [7, 11) is 0. The van der Waals surface area contributed by atoms with Gasteiger partial charge in [-0.15, -0.1) is 11.6 Å². The van der Waals surface area contributed by atoms with Crippen molar-refractivity contribution in [2.75, 3.05) is 13.1 Å². The van der Waals surface area contributed by atoms with Crippen LogP contribution in [-0.4, -0.2) is 18.5 Å². The molecule has 0 bridgehead atoms. The van der Waals surface area contributed by atoms with Gasteiger partial charge in [0.15, 0.2) is 0 Å². The first-order valence-corrected chi connectivity index (χ1v) is 5.11. The number of alkyl halides is 1. The van der Waals surface area contributed by atoms with E-state index in [-0.39, 0.29) is 0 Å². The Morgan fingerprint density at radius 3 is 2.82 bits per heavy atom. The molecule has 2 heteroatoms. The summed E-state index contributed by atoms with van der Waals surface area (Å²) < 4.78 is 0. The van der Waals surface area contributed by atoms with E-state index >= 15 is 0 Å². The number of halogens is 1. The van der Waals surface area contributed by atoms with E-state index in [4.69, 9.17) is 11.6 Å². The minimum absolute atomic E-state index is 0.377. The van der Waals surface area contributed by atoms with Crippen molar-refractivity contribution in [2.45, 2.75) is 38.0 Å². The minimum atomic E-state index is 0.377. The Labute approximate surface area is 74.5 Å². The molecule has 66 valence electrons. The fourth-order valence-electron chi connectivity index (χ4n) is 1.09. The van der Waals surface area contributed by atoms with Gasteiger partial charge in [0.25, 0.3) is 0 Å². The fourth-order valence-corrected chi connectivity index (χ4v) is 1.20. The SMILES string of the molecule is CCC(Cl)CCNCC1CC1. The van der Waals surface area contributed by atoms with Crippen LogP contribution in [0.25, 0.3) is 0 Å². The summed E-state index contributed by atoms with van der Waals surface area (Å²) in [6.07, 6.45) is 5.08. The summed E-state index contributed by atoms with van der Waals surface area (Å²) in [5, 5.41) is 3.80. The van der Waals surface area contributed by atoms with Crippen LogP contribution in [0.4, 0.5) is 0 Å². The molecule has 0 aromatic rings. The highest BCUT2D eigenvalue weighted by atomic mass is 35.5. The zero-order valence-corrected chi connectivity index (χ0v) is 8.03. The Morgan fingerprint density at radius 1 is 1.55 bits per heavy atom. The second-order valence-corrected chi connectivity index (χ2v) is 4.06. The van der Waals surface area contributed by atoms with Crippen LogP contribution in [0.3, 0.4) is 0 Å². The summed E-state index contributed by atoms with van der Waals surface area (Å²) in [5.74, 6) is 0.991. The van der Waals surface area contributed by atoms with Crippen LogP contribution in [0.2, 0.25) is 0 Å². The predicted octanol–water partition coefficient (Wildman–Crippen LogP) is 2.39. The molecule has 0 aliphatic heterocycles. The van der Waals surface area contributed by atoms with Crippen molar-refractivity contribution in [1.29, 1.82) is 0 Å². The van der Waals surface area contributed by atoms with E-state index in [0.29, 0.717) is 5.38 Å². The third-order valence-corrected chi connectivity index (χ3v) is 2.73. The highest BCUT2D eigenvalue weighted by Crippen LogP contribution is 2.27. The first-order chi connectivity index (χ1) is 5.33. The molecule has 0 saturated heterocycles. The Hall–Kier alpha value is 0.250. The third-order valence-electron chi connectivity index (χ3n) is 2.21. The van der Waals surface area contributed by atoms with Crippen LogP contribution < -0.4 is 5.32 Å². The van der Waals surface area contributed by atoms with Gasteiger partial charge in [-0.25, -0.2) is 0 Å². The molecule has 1 aliphatic carbocycles. The van der Waals surface area contributed by atoms with Gasteiger partial charge < -0.3 is 5.32 Å². The van der Waals surface area contributed by atoms with Crippen molar-refractivity contribution in [1.82, 2.24) is 5.32 Å². The Morgan fingerprint density at radius 2 is 2.27 bits per heavy atom. The fraction of sp³-hybridized carbons (Fsp3) is 1.00. The smallest absolute Gasteiger partial charge is 0.0345 e. The van der Waals surface area contributed by atoms with Crippen molar-refractivity contribution in [3.8, 4) is 0 Å². The van der Waals surface area contributed by atoms with E-state index in [9.17, 15) is 0 Å². The van der Waals surface area contributed by atoms with E-state index in [1.54, 1.807) is 0 Å². The second kappa shape index (κ2) is 5.00. The van der Waals surface area contributed by atoms with Crippen molar-refractivity contribution in [2.24, 2.45) is 5.92 Å². The molecule has 1 nitrogen and oxygen atoms in total. The minimum Gasteiger partial charge on any atom is -0.316 e. The van der Waals surface area contributed by atoms with Gasteiger partial charge >= 0.3 is 0 Å². The molecule has 1 unspecified atom stereocenters. The van der Waals surface area contributed by atoms with E-state index in [1.165, 1.54) is 19.4 Å². The molecular formula is C9H18ClN. The van der Waals surface area contributed by atoms with Gasteiger partial charge in [-0.1, -0.05) is 6.92 Å². The van der Waals surface area contributed by atoms with E-state index < -0.39 is 0 Å². The topological polar surface area (TPSA) is 12.0 Å². The van der Waals surface area contributed by atoms with Gasteiger partial charge in [0, 0.05) is 5.38 Å². The second-order valence-electron chi connectivity index (χ2n) is 3.44. The standard InChI is InChI=1S/C9H18ClN/c1-2-9(10)5-6-11-7-8-3-4-8/h8-9,11H,2-7H2,1H3. The first-order valence-electron chi connectivity index (χ1n) is 4.67. The predicted molar refractivity (Wildman–Crippen MR) is 50.1 cm³/mol. The molecule has 1 atom stereocenters. The van der Waals surface area contributed by atoms with Crippen LogP contribution in [0, 0.1) is 5.92 Å². The molecule has 1 aliphatic rings. The number of hydrogen-bond acceptors (Lipinski definition) is 1. The molecule has 0 aromatic carbocycles. The van der Waals surface area contributed by atoms with Gasteiger partial charge in [0.05, 0.1) is 0 Å². The lowest BCUT2D eigenvalue weighted by Crippen LogP contribution is -2.20. The molecule has 0 spiro atoms. The summed E-state index contributed by atoms with van der Waals surface area (Å²) in [5.41, 5.74) is 0. The summed E-state index contributed by atoms with van der Waals surface area (Å²) in [6.45, 7) is 4.45. The van der Waals surface area contributed by atoms with Gasteiger partial charge in [-0.3, -0.25) is 0 Å². The highest BCUT2D eigenvalue weighted by molar-refractivity contribution is 6.20. The molecule has 0 heterocycles. The molecule has 1 N–H and O–H groups in total. The largest absolute Gasteiger partial charge is 0.316 e. The van der Waals surface area contributed by atoms with E-state index in [1.807, 2.05) is 0 Å². The molecule has 0 radical (unpaired) electrons. The lowest BCUT2D eigenvalue weighted by atomic mass is 10.2. The van der Waals surface area contributed by atoms with Crippen LogP contribution in [0.15, 0.2) is 0 Å². The zero-order valence-electron chi connectivity index (χ0n) is 7.28. The third kappa shape index (κ3) is 4.65. The quantitative estimate of drug-likeness (QED) is 0.483. The Bertz CT molecular complexity index is 102. The summed E-state index contributed by atoms with van der Waals surface area (Å²) in [4.78, 5) is 0. The number of rotatable bonds is 6. The first kappa shape index (κ1) is 9.34. The van der Waals surface area contributed by atoms with Crippen molar-refractivity contribution in [3.63, 3.8) is 0 Å². The Kier molecular flexibility index (Phi) is 4.24. The average molecular weight is 176 g/mol. The van der Waals surface area contributed by atoms with Crippen LogP contribution >= 0.6 is 11.6 Å². The highest BCUT2D eigenvalue weighted by Gasteiger charge is 2.19. The zero-order chi connectivity index (χ0) is 8.10. The maximum Gasteiger partial charge on any atom is 0.0345 e. The monoisotopic (exact) mass is 175 g/mol. The van der Waals surface area contributed by atoms with Gasteiger partial charge in [-0.2, -0.15) is 0 Å². The summed E-state index contributed by atoms with van der Waals surface area (Å²) >= 11 is 5.96. The van der Waals surface area contributed by atoms with E-state index in [2.05, 4.69) is 12.2 Å². The van der Waals surface area contributed by atoms with Gasteiger partial charge in [-0.05, 0) is 44.7 Å². The maximum atomic E-state index is 5.96. The molecule has 0 aromatic heterocycles. The van der Waals surface area contributed by atoms with Gasteiger partial charge in [0.2, 0.25) is 0 Å². The molecule has 1 fully saturated rings. The lowest BCUT2D eigenvalue weighted by Gasteiger charge is -2.06. The number of nitrogens with one attached hydrogen (secondary N) is 1. The normalized spacial score (nSPS) is 20.2. The maximum absolute atomic E-state index is 5.96. The van der Waals surface area contributed by atoms with Crippen molar-refractivity contribution >= 4 is 11.6 Å². The summed E-state index contributed by atoms with van der Waals surface area (Å²) in [6, 6.07) is 0. The van der Waals surface area contributed by atoms with Gasteiger partial charge in [0.1, 0.15) is 0 Å². The van der Waals surface area contributed by atoms with Crippen molar-refractivity contribution < 1.29 is 0 Å². The van der Waals surface area contributed by atoms with Crippen molar-refractivity contribution in [3.05, 3.63) is 0 Å². The average Bonchev–Trinajstić information content (AvgIpc) is 2.81. The van der Waals surface area contributed by atoms with Crippen LogP contribution in [0.1, 0.15) is 32.6 Å². The molecule has 0 amide bonds. The molecule has 1 rings (SSSR count). The van der Waals surface area contributed by atoms with Crippen LogP contribution in [0.5, 0.6) is 0 Å². The van der Waals surface area contributed by atoms with E-state index in [0.717, 1.165) is 25.3 Å². The Balaban J connectivity index is 1.79.